The first-order valence-electron chi connectivity index (χ1n) is 7.76. The summed E-state index contributed by atoms with van der Waals surface area (Å²) in [6, 6.07) is 8.89. The average molecular weight is 292 g/mol. The molecule has 2 rings (SSSR count). The summed E-state index contributed by atoms with van der Waals surface area (Å²) in [4.78, 5) is 2.60. The first kappa shape index (κ1) is 15.9. The van der Waals surface area contributed by atoms with Gasteiger partial charge in [-0.2, -0.15) is 11.8 Å². The summed E-state index contributed by atoms with van der Waals surface area (Å²) >= 11 is 2.10. The number of nitrogens with one attached hydrogen (secondary N) is 1. The van der Waals surface area contributed by atoms with E-state index in [1.807, 2.05) is 0 Å². The monoisotopic (exact) mass is 292 g/mol. The number of nitrogens with zero attached hydrogens (tertiary/aromatic N) is 1. The Morgan fingerprint density at radius 1 is 1.30 bits per heavy atom. The average Bonchev–Trinajstić information content (AvgIpc) is 2.40. The molecule has 0 aliphatic carbocycles. The fourth-order valence-electron chi connectivity index (χ4n) is 2.65. The highest BCUT2D eigenvalue weighted by atomic mass is 32.2. The van der Waals surface area contributed by atoms with E-state index in [0.717, 1.165) is 24.9 Å². The van der Waals surface area contributed by atoms with Crippen molar-refractivity contribution < 1.29 is 0 Å². The Labute approximate surface area is 128 Å². The van der Waals surface area contributed by atoms with Crippen LogP contribution in [-0.4, -0.2) is 35.5 Å². The number of benzene rings is 1. The molecule has 1 aliphatic rings. The molecule has 1 fully saturated rings. The predicted octanol–water partition coefficient (Wildman–Crippen LogP) is 3.37. The van der Waals surface area contributed by atoms with Gasteiger partial charge in [0.25, 0.3) is 0 Å². The minimum atomic E-state index is 0.710. The third kappa shape index (κ3) is 5.12. The number of thioether (sulfide) groups is 1. The second-order valence-electron chi connectivity index (χ2n) is 6.21. The SMILES string of the molecule is CC(C)CNCc1ccccc1CN1CCSC(C)C1. The van der Waals surface area contributed by atoms with Crippen molar-refractivity contribution in [3.8, 4) is 0 Å². The molecule has 1 aromatic carbocycles. The number of hydrogen-bond acceptors (Lipinski definition) is 3. The second kappa shape index (κ2) is 8.06. The van der Waals surface area contributed by atoms with E-state index < -0.39 is 0 Å². The molecule has 0 aromatic heterocycles. The summed E-state index contributed by atoms with van der Waals surface area (Å²) in [5.41, 5.74) is 2.95. The Morgan fingerprint density at radius 3 is 2.75 bits per heavy atom. The molecule has 20 heavy (non-hydrogen) atoms. The molecule has 0 amide bonds. The van der Waals surface area contributed by atoms with Crippen molar-refractivity contribution in [2.24, 2.45) is 5.92 Å². The molecule has 1 atom stereocenters. The molecule has 112 valence electrons. The first-order chi connectivity index (χ1) is 9.65. The fourth-order valence-corrected chi connectivity index (χ4v) is 3.74. The highest BCUT2D eigenvalue weighted by molar-refractivity contribution is 7.99. The molecular formula is C17H28N2S. The van der Waals surface area contributed by atoms with Crippen molar-refractivity contribution in [1.82, 2.24) is 10.2 Å². The smallest absolute Gasteiger partial charge is 0.0237 e. The van der Waals surface area contributed by atoms with Crippen molar-refractivity contribution in [2.45, 2.75) is 39.1 Å². The third-order valence-corrected chi connectivity index (χ3v) is 4.84. The molecular weight excluding hydrogens is 264 g/mol. The number of rotatable bonds is 6. The van der Waals surface area contributed by atoms with Crippen molar-refractivity contribution in [2.75, 3.05) is 25.4 Å². The van der Waals surface area contributed by atoms with E-state index in [0.29, 0.717) is 5.92 Å². The summed E-state index contributed by atoms with van der Waals surface area (Å²) in [6.45, 7) is 12.5. The lowest BCUT2D eigenvalue weighted by atomic mass is 10.1. The van der Waals surface area contributed by atoms with Gasteiger partial charge in [0, 0.05) is 37.2 Å². The third-order valence-electron chi connectivity index (χ3n) is 3.71. The fraction of sp³-hybridized carbons (Fsp3) is 0.647. The van der Waals surface area contributed by atoms with E-state index in [4.69, 9.17) is 0 Å². The zero-order valence-corrected chi connectivity index (χ0v) is 13.9. The molecule has 2 nitrogen and oxygen atoms in total. The normalized spacial score (nSPS) is 20.5. The highest BCUT2D eigenvalue weighted by Gasteiger charge is 2.17. The van der Waals surface area contributed by atoms with Crippen LogP contribution in [0.1, 0.15) is 31.9 Å². The van der Waals surface area contributed by atoms with E-state index in [1.165, 1.54) is 30.0 Å². The highest BCUT2D eigenvalue weighted by Crippen LogP contribution is 2.20. The summed E-state index contributed by atoms with van der Waals surface area (Å²) in [6.07, 6.45) is 0. The summed E-state index contributed by atoms with van der Waals surface area (Å²) in [7, 11) is 0. The van der Waals surface area contributed by atoms with Crippen molar-refractivity contribution in [3.05, 3.63) is 35.4 Å². The van der Waals surface area contributed by atoms with Gasteiger partial charge in [-0.25, -0.2) is 0 Å². The summed E-state index contributed by atoms with van der Waals surface area (Å²) < 4.78 is 0. The Bertz CT molecular complexity index is 406. The minimum Gasteiger partial charge on any atom is -0.312 e. The molecule has 1 saturated heterocycles. The standard InChI is InChI=1S/C17H28N2S/c1-14(2)10-18-11-16-6-4-5-7-17(16)13-19-8-9-20-15(3)12-19/h4-7,14-15,18H,8-13H2,1-3H3. The van der Waals surface area contributed by atoms with Gasteiger partial charge in [0.1, 0.15) is 0 Å². The van der Waals surface area contributed by atoms with Gasteiger partial charge in [-0.3, -0.25) is 4.90 Å². The van der Waals surface area contributed by atoms with Crippen LogP contribution in [0.25, 0.3) is 0 Å². The second-order valence-corrected chi connectivity index (χ2v) is 7.76. The maximum atomic E-state index is 3.56. The van der Waals surface area contributed by atoms with Gasteiger partial charge >= 0.3 is 0 Å². The van der Waals surface area contributed by atoms with Gasteiger partial charge in [0.05, 0.1) is 0 Å². The Kier molecular flexibility index (Phi) is 6.40. The van der Waals surface area contributed by atoms with Crippen LogP contribution in [0.5, 0.6) is 0 Å². The zero-order chi connectivity index (χ0) is 14.4. The van der Waals surface area contributed by atoms with Gasteiger partial charge in [-0.15, -0.1) is 0 Å². The maximum Gasteiger partial charge on any atom is 0.0237 e. The largest absolute Gasteiger partial charge is 0.312 e. The van der Waals surface area contributed by atoms with Crippen LogP contribution >= 0.6 is 11.8 Å². The van der Waals surface area contributed by atoms with Crippen molar-refractivity contribution >= 4 is 11.8 Å². The summed E-state index contributed by atoms with van der Waals surface area (Å²) in [5, 5.41) is 4.34. The predicted molar refractivity (Wildman–Crippen MR) is 90.2 cm³/mol. The van der Waals surface area contributed by atoms with Crippen LogP contribution in [-0.2, 0) is 13.1 Å². The van der Waals surface area contributed by atoms with Crippen LogP contribution in [0.3, 0.4) is 0 Å². The van der Waals surface area contributed by atoms with Crippen LogP contribution < -0.4 is 5.32 Å². The molecule has 0 bridgehead atoms. The van der Waals surface area contributed by atoms with Gasteiger partial charge < -0.3 is 5.32 Å². The molecule has 0 radical (unpaired) electrons. The minimum absolute atomic E-state index is 0.710. The Morgan fingerprint density at radius 2 is 2.05 bits per heavy atom. The molecule has 1 heterocycles. The van der Waals surface area contributed by atoms with Crippen LogP contribution in [0.15, 0.2) is 24.3 Å². The van der Waals surface area contributed by atoms with E-state index in [1.54, 1.807) is 0 Å². The van der Waals surface area contributed by atoms with Crippen LogP contribution in [0, 0.1) is 5.92 Å². The van der Waals surface area contributed by atoms with Crippen LogP contribution in [0.2, 0.25) is 0 Å². The van der Waals surface area contributed by atoms with E-state index in [9.17, 15) is 0 Å². The molecule has 0 saturated carbocycles. The van der Waals surface area contributed by atoms with E-state index in [2.05, 4.69) is 67.0 Å². The molecule has 0 spiro atoms. The molecule has 1 aromatic rings. The van der Waals surface area contributed by atoms with Gasteiger partial charge in [0.15, 0.2) is 0 Å². The van der Waals surface area contributed by atoms with Gasteiger partial charge in [-0.05, 0) is 23.6 Å². The lowest BCUT2D eigenvalue weighted by Crippen LogP contribution is -2.36. The van der Waals surface area contributed by atoms with E-state index >= 15 is 0 Å². The molecule has 3 heteroatoms. The quantitative estimate of drug-likeness (QED) is 0.865. The van der Waals surface area contributed by atoms with Crippen molar-refractivity contribution in [3.63, 3.8) is 0 Å². The topological polar surface area (TPSA) is 15.3 Å². The molecule has 1 aliphatic heterocycles. The lowest BCUT2D eigenvalue weighted by molar-refractivity contribution is 0.277. The van der Waals surface area contributed by atoms with Crippen LogP contribution in [0.4, 0.5) is 0 Å². The first-order valence-corrected chi connectivity index (χ1v) is 8.81. The maximum absolute atomic E-state index is 3.56. The Hall–Kier alpha value is -0.510. The summed E-state index contributed by atoms with van der Waals surface area (Å²) in [5.74, 6) is 1.98. The Balaban J connectivity index is 1.93. The molecule has 1 unspecified atom stereocenters. The molecule has 1 N–H and O–H groups in total. The van der Waals surface area contributed by atoms with E-state index in [-0.39, 0.29) is 0 Å². The number of hydrogen-bond donors (Lipinski definition) is 1. The van der Waals surface area contributed by atoms with Gasteiger partial charge in [-0.1, -0.05) is 45.0 Å². The van der Waals surface area contributed by atoms with Crippen molar-refractivity contribution in [1.29, 1.82) is 0 Å². The zero-order valence-electron chi connectivity index (χ0n) is 13.1. The lowest BCUT2D eigenvalue weighted by Gasteiger charge is -2.31. The van der Waals surface area contributed by atoms with Gasteiger partial charge in [0.2, 0.25) is 0 Å².